The minimum atomic E-state index is 0.477. The fourth-order valence-corrected chi connectivity index (χ4v) is 3.02. The zero-order valence-electron chi connectivity index (χ0n) is 11.5. The van der Waals surface area contributed by atoms with Gasteiger partial charge in [0.1, 0.15) is 0 Å². The van der Waals surface area contributed by atoms with Gasteiger partial charge < -0.3 is 10.1 Å². The van der Waals surface area contributed by atoms with E-state index in [-0.39, 0.29) is 0 Å². The summed E-state index contributed by atoms with van der Waals surface area (Å²) >= 11 is 0. The monoisotopic (exact) mass is 227 g/mol. The van der Waals surface area contributed by atoms with Gasteiger partial charge in [0.15, 0.2) is 0 Å². The largest absolute Gasteiger partial charge is 0.381 e. The Balaban J connectivity index is 2.58. The molecule has 96 valence electrons. The van der Waals surface area contributed by atoms with E-state index in [4.69, 9.17) is 4.74 Å². The van der Waals surface area contributed by atoms with E-state index in [1.54, 1.807) is 0 Å². The first-order valence-corrected chi connectivity index (χ1v) is 6.96. The summed E-state index contributed by atoms with van der Waals surface area (Å²) < 4.78 is 5.67. The lowest BCUT2D eigenvalue weighted by molar-refractivity contribution is 0.000448. The standard InChI is InChI=1S/C14H29NO/c1-5-10-15-14(11(2)3)12-8-6-7-9-13(12)16-4/h11-15H,5-10H2,1-4H3. The molecule has 0 radical (unpaired) electrons. The molecule has 2 heteroatoms. The zero-order valence-corrected chi connectivity index (χ0v) is 11.5. The van der Waals surface area contributed by atoms with Crippen molar-refractivity contribution in [3.8, 4) is 0 Å². The van der Waals surface area contributed by atoms with Gasteiger partial charge in [-0.3, -0.25) is 0 Å². The number of hydrogen-bond donors (Lipinski definition) is 1. The first-order valence-electron chi connectivity index (χ1n) is 6.96. The fraction of sp³-hybridized carbons (Fsp3) is 1.00. The van der Waals surface area contributed by atoms with Gasteiger partial charge in [0.25, 0.3) is 0 Å². The highest BCUT2D eigenvalue weighted by Crippen LogP contribution is 2.31. The van der Waals surface area contributed by atoms with E-state index in [0.29, 0.717) is 24.0 Å². The molecule has 1 saturated carbocycles. The van der Waals surface area contributed by atoms with Crippen LogP contribution in [0, 0.1) is 11.8 Å². The lowest BCUT2D eigenvalue weighted by Gasteiger charge is -2.38. The molecule has 16 heavy (non-hydrogen) atoms. The Bertz CT molecular complexity index is 182. The van der Waals surface area contributed by atoms with Crippen molar-refractivity contribution in [2.45, 2.75) is 65.0 Å². The number of nitrogens with one attached hydrogen (secondary N) is 1. The van der Waals surface area contributed by atoms with Gasteiger partial charge in [0.05, 0.1) is 6.10 Å². The SMILES string of the molecule is CCCNC(C(C)C)C1CCCCC1OC. The second-order valence-corrected chi connectivity index (χ2v) is 5.45. The van der Waals surface area contributed by atoms with Crippen LogP contribution in [-0.2, 0) is 4.74 Å². The number of ether oxygens (including phenoxy) is 1. The average molecular weight is 227 g/mol. The summed E-state index contributed by atoms with van der Waals surface area (Å²) in [6.45, 7) is 8.03. The molecule has 0 amide bonds. The molecule has 0 spiro atoms. The topological polar surface area (TPSA) is 21.3 Å². The minimum absolute atomic E-state index is 0.477. The normalized spacial score (nSPS) is 28.3. The Morgan fingerprint density at radius 2 is 1.94 bits per heavy atom. The highest BCUT2D eigenvalue weighted by molar-refractivity contribution is 4.87. The summed E-state index contributed by atoms with van der Waals surface area (Å²) in [5, 5.41) is 3.72. The highest BCUT2D eigenvalue weighted by atomic mass is 16.5. The Hall–Kier alpha value is -0.0800. The Morgan fingerprint density at radius 1 is 1.25 bits per heavy atom. The van der Waals surface area contributed by atoms with Crippen molar-refractivity contribution in [2.24, 2.45) is 11.8 Å². The maximum atomic E-state index is 5.67. The molecular formula is C14H29NO. The van der Waals surface area contributed by atoms with Gasteiger partial charge in [-0.2, -0.15) is 0 Å². The highest BCUT2D eigenvalue weighted by Gasteiger charge is 2.32. The summed E-state index contributed by atoms with van der Waals surface area (Å²) in [7, 11) is 1.88. The first kappa shape index (κ1) is 14.0. The van der Waals surface area contributed by atoms with Crippen LogP contribution in [0.4, 0.5) is 0 Å². The molecule has 0 aromatic rings. The van der Waals surface area contributed by atoms with Crippen LogP contribution in [0.5, 0.6) is 0 Å². The van der Waals surface area contributed by atoms with E-state index < -0.39 is 0 Å². The minimum Gasteiger partial charge on any atom is -0.381 e. The third-order valence-electron chi connectivity index (χ3n) is 3.87. The van der Waals surface area contributed by atoms with Crippen molar-refractivity contribution in [2.75, 3.05) is 13.7 Å². The van der Waals surface area contributed by atoms with Gasteiger partial charge in [-0.05, 0) is 31.7 Å². The van der Waals surface area contributed by atoms with Gasteiger partial charge in [0.2, 0.25) is 0 Å². The van der Waals surface area contributed by atoms with Gasteiger partial charge in [0, 0.05) is 19.1 Å². The quantitative estimate of drug-likeness (QED) is 0.752. The molecule has 3 unspecified atom stereocenters. The van der Waals surface area contributed by atoms with Crippen LogP contribution in [0.2, 0.25) is 0 Å². The predicted octanol–water partition coefficient (Wildman–Crippen LogP) is 3.22. The van der Waals surface area contributed by atoms with E-state index in [9.17, 15) is 0 Å². The van der Waals surface area contributed by atoms with E-state index in [0.717, 1.165) is 6.54 Å². The molecule has 1 N–H and O–H groups in total. The van der Waals surface area contributed by atoms with Crippen LogP contribution in [0.15, 0.2) is 0 Å². The molecule has 1 rings (SSSR count). The fourth-order valence-electron chi connectivity index (χ4n) is 3.02. The lowest BCUT2D eigenvalue weighted by atomic mass is 9.77. The molecule has 0 bridgehead atoms. The Kier molecular flexibility index (Phi) is 6.37. The van der Waals surface area contributed by atoms with Crippen LogP contribution in [0.1, 0.15) is 52.9 Å². The maximum Gasteiger partial charge on any atom is 0.0614 e. The number of hydrogen-bond acceptors (Lipinski definition) is 2. The third-order valence-corrected chi connectivity index (χ3v) is 3.87. The first-order chi connectivity index (χ1) is 7.70. The van der Waals surface area contributed by atoms with E-state index in [1.165, 1.54) is 32.1 Å². The van der Waals surface area contributed by atoms with E-state index in [2.05, 4.69) is 26.1 Å². The van der Waals surface area contributed by atoms with Crippen molar-refractivity contribution in [1.29, 1.82) is 0 Å². The Labute approximate surface area is 101 Å². The predicted molar refractivity (Wildman–Crippen MR) is 69.7 cm³/mol. The third kappa shape index (κ3) is 3.74. The van der Waals surface area contributed by atoms with E-state index >= 15 is 0 Å². The molecule has 1 aliphatic rings. The summed E-state index contributed by atoms with van der Waals surface area (Å²) in [5.74, 6) is 1.41. The second-order valence-electron chi connectivity index (χ2n) is 5.45. The van der Waals surface area contributed by atoms with Crippen molar-refractivity contribution < 1.29 is 4.74 Å². The van der Waals surface area contributed by atoms with Gasteiger partial charge in [-0.15, -0.1) is 0 Å². The molecule has 1 aliphatic carbocycles. The molecular weight excluding hydrogens is 198 g/mol. The summed E-state index contributed by atoms with van der Waals surface area (Å²) in [5.41, 5.74) is 0. The summed E-state index contributed by atoms with van der Waals surface area (Å²) in [6, 6.07) is 0.630. The van der Waals surface area contributed by atoms with Crippen LogP contribution in [-0.4, -0.2) is 25.8 Å². The van der Waals surface area contributed by atoms with Crippen LogP contribution in [0.25, 0.3) is 0 Å². The number of rotatable bonds is 6. The van der Waals surface area contributed by atoms with Crippen molar-refractivity contribution >= 4 is 0 Å². The molecule has 0 aromatic heterocycles. The van der Waals surface area contributed by atoms with Crippen molar-refractivity contribution in [3.05, 3.63) is 0 Å². The molecule has 2 nitrogen and oxygen atoms in total. The molecule has 0 saturated heterocycles. The van der Waals surface area contributed by atoms with Crippen LogP contribution < -0.4 is 5.32 Å². The van der Waals surface area contributed by atoms with Crippen molar-refractivity contribution in [3.63, 3.8) is 0 Å². The molecule has 3 atom stereocenters. The van der Waals surface area contributed by atoms with E-state index in [1.807, 2.05) is 7.11 Å². The summed E-state index contributed by atoms with van der Waals surface area (Å²) in [4.78, 5) is 0. The summed E-state index contributed by atoms with van der Waals surface area (Å²) in [6.07, 6.45) is 6.99. The molecule has 0 aliphatic heterocycles. The molecule has 1 fully saturated rings. The average Bonchev–Trinajstić information content (AvgIpc) is 2.29. The lowest BCUT2D eigenvalue weighted by Crippen LogP contribution is -2.47. The van der Waals surface area contributed by atoms with Crippen LogP contribution in [0.3, 0.4) is 0 Å². The number of methoxy groups -OCH3 is 1. The Morgan fingerprint density at radius 3 is 2.50 bits per heavy atom. The zero-order chi connectivity index (χ0) is 12.0. The smallest absolute Gasteiger partial charge is 0.0614 e. The van der Waals surface area contributed by atoms with Gasteiger partial charge in [-0.25, -0.2) is 0 Å². The maximum absolute atomic E-state index is 5.67. The molecule has 0 aromatic carbocycles. The second kappa shape index (κ2) is 7.29. The van der Waals surface area contributed by atoms with Gasteiger partial charge in [-0.1, -0.05) is 33.6 Å². The van der Waals surface area contributed by atoms with Gasteiger partial charge >= 0.3 is 0 Å². The molecule has 0 heterocycles. The van der Waals surface area contributed by atoms with Crippen molar-refractivity contribution in [1.82, 2.24) is 5.32 Å². The van der Waals surface area contributed by atoms with Crippen LogP contribution >= 0.6 is 0 Å².